The first-order valence-corrected chi connectivity index (χ1v) is 4.62. The maximum atomic E-state index is 11.4. The molecule has 0 spiro atoms. The van der Waals surface area contributed by atoms with Gasteiger partial charge in [-0.2, -0.15) is 0 Å². The number of nitrogens with two attached hydrogens (primary N) is 1. The molecule has 0 aliphatic rings. The monoisotopic (exact) mass is 209 g/mol. The van der Waals surface area contributed by atoms with Crippen molar-refractivity contribution in [2.24, 2.45) is 12.8 Å². The number of carbonyl (C=O) groups is 1. The number of amides is 1. The fraction of sp³-hybridized carbons (Fsp3) is 0.444. The van der Waals surface area contributed by atoms with Crippen LogP contribution in [-0.4, -0.2) is 26.7 Å². The number of carbonyl (C=O) groups excluding carboxylic acids is 1. The third-order valence-corrected chi connectivity index (χ3v) is 1.98. The van der Waals surface area contributed by atoms with Crippen LogP contribution in [0.2, 0.25) is 0 Å². The molecule has 0 saturated carbocycles. The van der Waals surface area contributed by atoms with Crippen LogP contribution < -0.4 is 11.1 Å². The third-order valence-electron chi connectivity index (χ3n) is 1.98. The predicted molar refractivity (Wildman–Crippen MR) is 55.6 cm³/mol. The minimum Gasteiger partial charge on any atom is -0.347 e. The molecule has 0 aromatic carbocycles. The third kappa shape index (κ3) is 3.17. The first-order valence-electron chi connectivity index (χ1n) is 4.62. The molecular formula is C9H15N5O. The van der Waals surface area contributed by atoms with Gasteiger partial charge in [0, 0.05) is 7.05 Å². The van der Waals surface area contributed by atoms with Crippen LogP contribution in [-0.2, 0) is 18.4 Å². The minimum absolute atomic E-state index is 0.210. The van der Waals surface area contributed by atoms with Gasteiger partial charge in [-0.1, -0.05) is 6.08 Å². The quantitative estimate of drug-likeness (QED) is 0.630. The lowest BCUT2D eigenvalue weighted by Crippen LogP contribution is -2.40. The molecule has 0 saturated heterocycles. The molecule has 1 aromatic rings. The molecular weight excluding hydrogens is 194 g/mol. The van der Waals surface area contributed by atoms with E-state index >= 15 is 0 Å². The molecule has 0 aliphatic heterocycles. The average molecular weight is 209 g/mol. The molecule has 15 heavy (non-hydrogen) atoms. The summed E-state index contributed by atoms with van der Waals surface area (Å²) in [6.07, 6.45) is 3.66. The van der Waals surface area contributed by atoms with Gasteiger partial charge in [0.1, 0.15) is 6.33 Å². The summed E-state index contributed by atoms with van der Waals surface area (Å²) in [5.74, 6) is 0.479. The summed E-state index contributed by atoms with van der Waals surface area (Å²) in [4.78, 5) is 11.4. The molecule has 1 unspecified atom stereocenters. The molecule has 6 nitrogen and oxygen atoms in total. The van der Waals surface area contributed by atoms with Gasteiger partial charge in [-0.25, -0.2) is 0 Å². The summed E-state index contributed by atoms with van der Waals surface area (Å²) in [6.45, 7) is 3.85. The largest absolute Gasteiger partial charge is 0.347 e. The summed E-state index contributed by atoms with van der Waals surface area (Å²) >= 11 is 0. The van der Waals surface area contributed by atoms with E-state index in [4.69, 9.17) is 5.73 Å². The van der Waals surface area contributed by atoms with Crippen LogP contribution >= 0.6 is 0 Å². The zero-order valence-corrected chi connectivity index (χ0v) is 8.68. The Balaban J connectivity index is 2.40. The highest BCUT2D eigenvalue weighted by Crippen LogP contribution is 1.92. The van der Waals surface area contributed by atoms with E-state index in [1.54, 1.807) is 17.0 Å². The Morgan fingerprint density at radius 3 is 3.13 bits per heavy atom. The number of aryl methyl sites for hydroxylation is 1. The number of aromatic nitrogens is 3. The molecule has 0 radical (unpaired) electrons. The van der Waals surface area contributed by atoms with Crippen LogP contribution in [0, 0.1) is 0 Å². The number of nitrogens with zero attached hydrogens (tertiary/aromatic N) is 3. The second-order valence-electron chi connectivity index (χ2n) is 3.21. The Hall–Kier alpha value is -1.69. The van der Waals surface area contributed by atoms with Gasteiger partial charge < -0.3 is 15.6 Å². The number of hydrogen-bond acceptors (Lipinski definition) is 4. The van der Waals surface area contributed by atoms with Gasteiger partial charge in [-0.05, 0) is 6.42 Å². The van der Waals surface area contributed by atoms with Crippen LogP contribution in [0.1, 0.15) is 12.2 Å². The smallest absolute Gasteiger partial charge is 0.237 e. The average Bonchev–Trinajstić information content (AvgIpc) is 2.61. The Kier molecular flexibility index (Phi) is 3.99. The summed E-state index contributed by atoms with van der Waals surface area (Å²) in [5, 5.41) is 10.2. The lowest BCUT2D eigenvalue weighted by atomic mass is 10.2. The lowest BCUT2D eigenvalue weighted by Gasteiger charge is -2.09. The van der Waals surface area contributed by atoms with Crippen LogP contribution in [0.5, 0.6) is 0 Å². The molecule has 0 aliphatic carbocycles. The molecule has 82 valence electrons. The van der Waals surface area contributed by atoms with Gasteiger partial charge in [0.25, 0.3) is 0 Å². The van der Waals surface area contributed by atoms with E-state index < -0.39 is 6.04 Å². The zero-order chi connectivity index (χ0) is 11.3. The van der Waals surface area contributed by atoms with Crippen molar-refractivity contribution in [2.45, 2.75) is 19.0 Å². The Morgan fingerprint density at radius 1 is 1.87 bits per heavy atom. The molecule has 1 heterocycles. The Bertz CT molecular complexity index is 346. The number of hydrogen-bond donors (Lipinski definition) is 2. The highest BCUT2D eigenvalue weighted by molar-refractivity contribution is 5.81. The van der Waals surface area contributed by atoms with Crippen LogP contribution in [0.4, 0.5) is 0 Å². The molecule has 3 N–H and O–H groups in total. The molecule has 1 amide bonds. The predicted octanol–water partition coefficient (Wildman–Crippen LogP) is -0.665. The maximum Gasteiger partial charge on any atom is 0.237 e. The summed E-state index contributed by atoms with van der Waals surface area (Å²) in [5.41, 5.74) is 5.58. The van der Waals surface area contributed by atoms with Crippen LogP contribution in [0.3, 0.4) is 0 Å². The van der Waals surface area contributed by atoms with Gasteiger partial charge in [-0.15, -0.1) is 16.8 Å². The second-order valence-corrected chi connectivity index (χ2v) is 3.21. The molecule has 1 atom stereocenters. The van der Waals surface area contributed by atoms with Gasteiger partial charge >= 0.3 is 0 Å². The molecule has 6 heteroatoms. The van der Waals surface area contributed by atoms with Crippen molar-refractivity contribution in [3.8, 4) is 0 Å². The summed E-state index contributed by atoms with van der Waals surface area (Å²) < 4.78 is 1.74. The van der Waals surface area contributed by atoms with E-state index in [1.807, 2.05) is 7.05 Å². The summed E-state index contributed by atoms with van der Waals surface area (Å²) in [6, 6.07) is -0.546. The molecule has 1 rings (SSSR count). The molecule has 0 fully saturated rings. The Labute approximate surface area is 88.2 Å². The zero-order valence-electron chi connectivity index (χ0n) is 8.68. The van der Waals surface area contributed by atoms with Crippen LogP contribution in [0.25, 0.3) is 0 Å². The van der Waals surface area contributed by atoms with Crippen molar-refractivity contribution in [1.29, 1.82) is 0 Å². The van der Waals surface area contributed by atoms with E-state index in [0.29, 0.717) is 18.8 Å². The highest BCUT2D eigenvalue weighted by Gasteiger charge is 2.11. The van der Waals surface area contributed by atoms with Gasteiger partial charge in [-0.3, -0.25) is 4.79 Å². The van der Waals surface area contributed by atoms with E-state index in [2.05, 4.69) is 22.1 Å². The summed E-state index contributed by atoms with van der Waals surface area (Å²) in [7, 11) is 1.81. The SMILES string of the molecule is C=CCC(N)C(=O)NCc1nncn1C. The minimum atomic E-state index is -0.546. The van der Waals surface area contributed by atoms with Gasteiger partial charge in [0.15, 0.2) is 5.82 Å². The van der Waals surface area contributed by atoms with E-state index in [-0.39, 0.29) is 5.91 Å². The first-order chi connectivity index (χ1) is 7.15. The lowest BCUT2D eigenvalue weighted by molar-refractivity contribution is -0.122. The van der Waals surface area contributed by atoms with Gasteiger partial charge in [0.05, 0.1) is 12.6 Å². The van der Waals surface area contributed by atoms with Crippen molar-refractivity contribution in [3.05, 3.63) is 24.8 Å². The van der Waals surface area contributed by atoms with Crippen molar-refractivity contribution >= 4 is 5.91 Å². The van der Waals surface area contributed by atoms with E-state index in [9.17, 15) is 4.79 Å². The number of nitrogens with one attached hydrogen (secondary N) is 1. The topological polar surface area (TPSA) is 85.8 Å². The highest BCUT2D eigenvalue weighted by atomic mass is 16.2. The molecule has 1 aromatic heterocycles. The van der Waals surface area contributed by atoms with Crippen molar-refractivity contribution in [3.63, 3.8) is 0 Å². The van der Waals surface area contributed by atoms with Crippen LogP contribution in [0.15, 0.2) is 19.0 Å². The standard InChI is InChI=1S/C9H15N5O/c1-3-4-7(10)9(15)11-5-8-13-12-6-14(8)2/h3,6-7H,1,4-5,10H2,2H3,(H,11,15). The van der Waals surface area contributed by atoms with E-state index in [0.717, 1.165) is 0 Å². The fourth-order valence-corrected chi connectivity index (χ4v) is 1.05. The van der Waals surface area contributed by atoms with Crippen molar-refractivity contribution < 1.29 is 4.79 Å². The second kappa shape index (κ2) is 5.26. The van der Waals surface area contributed by atoms with Crippen molar-refractivity contribution in [1.82, 2.24) is 20.1 Å². The van der Waals surface area contributed by atoms with Gasteiger partial charge in [0.2, 0.25) is 5.91 Å². The first kappa shape index (κ1) is 11.4. The van der Waals surface area contributed by atoms with E-state index in [1.165, 1.54) is 0 Å². The van der Waals surface area contributed by atoms with Crippen molar-refractivity contribution in [2.75, 3.05) is 0 Å². The number of rotatable bonds is 5. The maximum absolute atomic E-state index is 11.4. The normalized spacial score (nSPS) is 12.1. The molecule has 0 bridgehead atoms. The Morgan fingerprint density at radius 2 is 2.60 bits per heavy atom. The fourth-order valence-electron chi connectivity index (χ4n) is 1.05.